The van der Waals surface area contributed by atoms with Crippen molar-refractivity contribution in [3.63, 3.8) is 0 Å². The molecule has 0 spiro atoms. The minimum atomic E-state index is -0.719. The molecule has 1 saturated carbocycles. The number of carbonyl (C=O) groups is 1. The number of alkyl halides is 1. The zero-order valence-corrected chi connectivity index (χ0v) is 15.3. The Bertz CT molecular complexity index is 770. The molecular weight excluding hydrogens is 374 g/mol. The molecule has 0 N–H and O–H groups in total. The number of amides is 1. The van der Waals surface area contributed by atoms with Gasteiger partial charge in [-0.3, -0.25) is 4.79 Å². The summed E-state index contributed by atoms with van der Waals surface area (Å²) in [6.45, 7) is 0.415. The lowest BCUT2D eigenvalue weighted by Crippen LogP contribution is -2.39. The van der Waals surface area contributed by atoms with Crippen molar-refractivity contribution >= 4 is 21.8 Å². The molecule has 2 aromatic rings. The lowest BCUT2D eigenvalue weighted by atomic mass is 10.0. The van der Waals surface area contributed by atoms with Gasteiger partial charge in [-0.25, -0.2) is 0 Å². The molecule has 0 aromatic heterocycles. The van der Waals surface area contributed by atoms with E-state index in [0.29, 0.717) is 0 Å². The first-order valence-corrected chi connectivity index (χ1v) is 8.89. The highest BCUT2D eigenvalue weighted by atomic mass is 79.9. The molecule has 2 aromatic carbocycles. The van der Waals surface area contributed by atoms with Crippen molar-refractivity contribution in [3.05, 3.63) is 71.8 Å². The molecular formula is C22H18BrNO. The zero-order valence-electron chi connectivity index (χ0n) is 13.7. The lowest BCUT2D eigenvalue weighted by Gasteiger charge is -2.22. The molecule has 1 aliphatic rings. The smallest absolute Gasteiger partial charge is 0.242 e. The molecule has 25 heavy (non-hydrogen) atoms. The van der Waals surface area contributed by atoms with Gasteiger partial charge in [0.05, 0.1) is 13.1 Å². The molecule has 2 nitrogen and oxygen atoms in total. The van der Waals surface area contributed by atoms with Gasteiger partial charge in [0.15, 0.2) is 0 Å². The first kappa shape index (κ1) is 17.3. The van der Waals surface area contributed by atoms with E-state index in [9.17, 15) is 4.79 Å². The predicted molar refractivity (Wildman–Crippen MR) is 104 cm³/mol. The summed E-state index contributed by atoms with van der Waals surface area (Å²) in [6, 6.07) is 20.2. The molecule has 2 atom stereocenters. The van der Waals surface area contributed by atoms with Gasteiger partial charge >= 0.3 is 0 Å². The van der Waals surface area contributed by atoms with Gasteiger partial charge in [-0.2, -0.15) is 0 Å². The summed E-state index contributed by atoms with van der Waals surface area (Å²) in [4.78, 5) is 14.8. The van der Waals surface area contributed by atoms with Crippen LogP contribution in [-0.2, 0) is 4.79 Å². The average Bonchev–Trinajstić information content (AvgIpc) is 3.29. The van der Waals surface area contributed by atoms with Crippen molar-refractivity contribution < 1.29 is 4.79 Å². The van der Waals surface area contributed by atoms with E-state index in [2.05, 4.69) is 52.0 Å². The maximum Gasteiger partial charge on any atom is 0.242 e. The summed E-state index contributed by atoms with van der Waals surface area (Å²) in [7, 11) is 0. The van der Waals surface area contributed by atoms with Crippen molar-refractivity contribution in [3.8, 4) is 24.7 Å². The van der Waals surface area contributed by atoms with Crippen LogP contribution in [0.4, 0.5) is 0 Å². The number of carbonyl (C=O) groups excluding carboxylic acids is 1. The van der Waals surface area contributed by atoms with Crippen LogP contribution < -0.4 is 0 Å². The maximum atomic E-state index is 13.3. The maximum absolute atomic E-state index is 13.3. The van der Waals surface area contributed by atoms with Gasteiger partial charge in [-0.15, -0.1) is 12.8 Å². The Labute approximate surface area is 157 Å². The van der Waals surface area contributed by atoms with Gasteiger partial charge in [0, 0.05) is 11.8 Å². The van der Waals surface area contributed by atoms with Crippen LogP contribution >= 0.6 is 15.9 Å². The fourth-order valence-electron chi connectivity index (χ4n) is 3.48. The number of hydrogen-bond donors (Lipinski definition) is 0. The Morgan fingerprint density at radius 2 is 1.32 bits per heavy atom. The van der Waals surface area contributed by atoms with E-state index in [0.717, 1.165) is 11.1 Å². The highest BCUT2D eigenvalue weighted by Gasteiger charge is 2.69. The summed E-state index contributed by atoms with van der Waals surface area (Å²) in [5, 5.41) is 0. The molecule has 0 aliphatic heterocycles. The molecule has 1 amide bonds. The Hall–Kier alpha value is -2.49. The van der Waals surface area contributed by atoms with Crippen LogP contribution in [0, 0.1) is 24.7 Å². The first-order chi connectivity index (χ1) is 12.1. The van der Waals surface area contributed by atoms with Gasteiger partial charge in [-0.05, 0) is 11.1 Å². The second kappa shape index (κ2) is 7.18. The normalized spacial score (nSPS) is 24.0. The third-order valence-electron chi connectivity index (χ3n) is 4.63. The van der Waals surface area contributed by atoms with Crippen molar-refractivity contribution in [2.45, 2.75) is 16.2 Å². The molecule has 0 saturated heterocycles. The Morgan fingerprint density at radius 3 is 1.68 bits per heavy atom. The minimum absolute atomic E-state index is 0.0432. The molecule has 3 heteroatoms. The molecule has 0 bridgehead atoms. The number of rotatable bonds is 5. The summed E-state index contributed by atoms with van der Waals surface area (Å²) >= 11 is 3.77. The molecule has 0 unspecified atom stereocenters. The van der Waals surface area contributed by atoms with E-state index in [1.807, 2.05) is 36.4 Å². The monoisotopic (exact) mass is 391 g/mol. The first-order valence-electron chi connectivity index (χ1n) is 8.09. The van der Waals surface area contributed by atoms with Crippen molar-refractivity contribution in [1.29, 1.82) is 0 Å². The predicted octanol–water partition coefficient (Wildman–Crippen LogP) is 3.80. The van der Waals surface area contributed by atoms with E-state index in [1.54, 1.807) is 4.90 Å². The number of nitrogens with zero attached hydrogens (tertiary/aromatic N) is 1. The molecule has 1 aliphatic carbocycles. The minimum Gasteiger partial charge on any atom is -0.319 e. The largest absolute Gasteiger partial charge is 0.319 e. The quantitative estimate of drug-likeness (QED) is 0.560. The molecule has 0 radical (unpaired) electrons. The second-order valence-corrected chi connectivity index (χ2v) is 7.43. The van der Waals surface area contributed by atoms with Crippen molar-refractivity contribution in [1.82, 2.24) is 4.90 Å². The van der Waals surface area contributed by atoms with Gasteiger partial charge in [-0.1, -0.05) is 88.4 Å². The Morgan fingerprint density at radius 1 is 0.920 bits per heavy atom. The van der Waals surface area contributed by atoms with Gasteiger partial charge in [0.1, 0.15) is 4.32 Å². The van der Waals surface area contributed by atoms with Crippen LogP contribution in [0.3, 0.4) is 0 Å². The zero-order chi connectivity index (χ0) is 17.9. The number of hydrogen-bond acceptors (Lipinski definition) is 1. The third kappa shape index (κ3) is 3.09. The van der Waals surface area contributed by atoms with Crippen molar-refractivity contribution in [2.24, 2.45) is 0 Å². The van der Waals surface area contributed by atoms with Gasteiger partial charge in [0.25, 0.3) is 0 Å². The highest BCUT2D eigenvalue weighted by molar-refractivity contribution is 9.10. The van der Waals surface area contributed by atoms with Gasteiger partial charge < -0.3 is 4.90 Å². The van der Waals surface area contributed by atoms with Crippen LogP contribution in [0.1, 0.15) is 23.0 Å². The third-order valence-corrected chi connectivity index (χ3v) is 5.95. The van der Waals surface area contributed by atoms with E-state index in [-0.39, 0.29) is 30.8 Å². The van der Waals surface area contributed by atoms with Crippen LogP contribution in [0.5, 0.6) is 0 Å². The van der Waals surface area contributed by atoms with E-state index in [4.69, 9.17) is 12.8 Å². The highest BCUT2D eigenvalue weighted by Crippen LogP contribution is 2.69. The van der Waals surface area contributed by atoms with Crippen molar-refractivity contribution in [2.75, 3.05) is 13.1 Å². The Kier molecular flexibility index (Phi) is 4.98. The molecule has 1 fully saturated rings. The molecule has 124 valence electrons. The van der Waals surface area contributed by atoms with E-state index < -0.39 is 4.32 Å². The summed E-state index contributed by atoms with van der Waals surface area (Å²) in [5.41, 5.74) is 2.26. The van der Waals surface area contributed by atoms with E-state index >= 15 is 0 Å². The van der Waals surface area contributed by atoms with Crippen LogP contribution in [0.15, 0.2) is 60.7 Å². The summed E-state index contributed by atoms with van der Waals surface area (Å²) in [6.07, 6.45) is 10.8. The summed E-state index contributed by atoms with van der Waals surface area (Å²) < 4.78 is -0.719. The fourth-order valence-corrected chi connectivity index (χ4v) is 4.65. The van der Waals surface area contributed by atoms with Crippen LogP contribution in [0.2, 0.25) is 0 Å². The number of terminal acetylenes is 2. The molecule has 0 heterocycles. The van der Waals surface area contributed by atoms with Gasteiger partial charge in [0.2, 0.25) is 5.91 Å². The van der Waals surface area contributed by atoms with Crippen LogP contribution in [-0.4, -0.2) is 28.2 Å². The SMILES string of the molecule is C#CCN(CC#C)C(=O)C1(Br)[C@@H](c2ccccc2)[C@@H]1c1ccccc1. The Balaban J connectivity index is 2.00. The lowest BCUT2D eigenvalue weighted by molar-refractivity contribution is -0.130. The molecule has 3 rings (SSSR count). The standard InChI is InChI=1S/C22H18BrNO/c1-3-15-24(16-4-2)21(25)22(23)19(17-11-7-5-8-12-17)20(22)18-13-9-6-10-14-18/h1-2,5-14,19-20H,15-16H2/t19-,20-/m0/s1. The topological polar surface area (TPSA) is 20.3 Å². The fraction of sp³-hybridized carbons (Fsp3) is 0.227. The number of benzene rings is 2. The number of halogens is 1. The van der Waals surface area contributed by atoms with Crippen LogP contribution in [0.25, 0.3) is 0 Å². The van der Waals surface area contributed by atoms with E-state index in [1.165, 1.54) is 0 Å². The second-order valence-electron chi connectivity index (χ2n) is 6.11. The summed E-state index contributed by atoms with van der Waals surface area (Å²) in [5.74, 6) is 5.10. The average molecular weight is 392 g/mol.